The van der Waals surface area contributed by atoms with Gasteiger partial charge in [0.05, 0.1) is 17.2 Å². The Labute approximate surface area is 185 Å². The lowest BCUT2D eigenvalue weighted by Gasteiger charge is -2.38. The average Bonchev–Trinajstić information content (AvgIpc) is 2.68. The number of likely N-dealkylation sites (N-methyl/N-ethyl adjacent to an activating group) is 1. The largest absolute Gasteiger partial charge is 0.507 e. The number of phenols is 2. The quantitative estimate of drug-likeness (QED) is 0.606. The smallest absolute Gasteiger partial charge is 0.197 e. The van der Waals surface area contributed by atoms with Gasteiger partial charge in [-0.1, -0.05) is 23.7 Å². The normalized spacial score (nSPS) is 19.9. The van der Waals surface area contributed by atoms with Crippen LogP contribution in [-0.4, -0.2) is 47.5 Å². The van der Waals surface area contributed by atoms with Crippen LogP contribution in [0.1, 0.15) is 31.7 Å². The van der Waals surface area contributed by atoms with Gasteiger partial charge in [0.2, 0.25) is 0 Å². The van der Waals surface area contributed by atoms with Crippen LogP contribution in [0.5, 0.6) is 11.5 Å². The molecule has 2 heterocycles. The standard InChI is InChI=1S/C24H26ClNO5/c1-13(2)30-21-12-26(3)9-8-15(21)22-17(27)10-18(28)23-19(29)11-20(31-24(22)23)14-6-4-5-7-16(14)25/h4-7,10-11,13,15,21,27-28H,8-9,12H2,1-3H3/t15-,21+/m0/s1. The zero-order chi connectivity index (χ0) is 22.3. The second-order valence-electron chi connectivity index (χ2n) is 8.37. The van der Waals surface area contributed by atoms with Crippen molar-refractivity contribution in [3.8, 4) is 22.8 Å². The first-order chi connectivity index (χ1) is 14.8. The van der Waals surface area contributed by atoms with Gasteiger partial charge in [-0.15, -0.1) is 0 Å². The van der Waals surface area contributed by atoms with Gasteiger partial charge in [0, 0.05) is 35.7 Å². The van der Waals surface area contributed by atoms with Crippen molar-refractivity contribution in [2.24, 2.45) is 0 Å². The SMILES string of the molecule is CC(C)O[C@@H]1CN(C)CC[C@@H]1c1c(O)cc(O)c2c(=O)cc(-c3ccccc3Cl)oc12. The molecule has 164 valence electrons. The molecule has 7 heteroatoms. The third-order valence-corrected chi connectivity index (χ3v) is 6.05. The summed E-state index contributed by atoms with van der Waals surface area (Å²) in [4.78, 5) is 15.2. The van der Waals surface area contributed by atoms with E-state index >= 15 is 0 Å². The van der Waals surface area contributed by atoms with E-state index in [0.29, 0.717) is 29.1 Å². The van der Waals surface area contributed by atoms with Gasteiger partial charge in [0.25, 0.3) is 0 Å². The van der Waals surface area contributed by atoms with Crippen molar-refractivity contribution in [2.45, 2.75) is 38.4 Å². The molecule has 4 rings (SSSR count). The van der Waals surface area contributed by atoms with Crippen molar-refractivity contribution in [1.29, 1.82) is 0 Å². The zero-order valence-electron chi connectivity index (χ0n) is 17.8. The summed E-state index contributed by atoms with van der Waals surface area (Å²) >= 11 is 6.32. The first-order valence-electron chi connectivity index (χ1n) is 10.4. The molecule has 1 aliphatic heterocycles. The molecule has 2 aromatic carbocycles. The number of fused-ring (bicyclic) bond motifs is 1. The summed E-state index contributed by atoms with van der Waals surface area (Å²) in [6.07, 6.45) is 0.503. The summed E-state index contributed by atoms with van der Waals surface area (Å²) in [5, 5.41) is 21.8. The van der Waals surface area contributed by atoms with E-state index in [4.69, 9.17) is 20.8 Å². The molecule has 0 spiro atoms. The fourth-order valence-corrected chi connectivity index (χ4v) is 4.59. The van der Waals surface area contributed by atoms with Gasteiger partial charge in [-0.25, -0.2) is 0 Å². The fraction of sp³-hybridized carbons (Fsp3) is 0.375. The Hall–Kier alpha value is -2.54. The maximum absolute atomic E-state index is 13.0. The number of hydrogen-bond donors (Lipinski definition) is 2. The molecule has 3 aromatic rings. The number of piperidine rings is 1. The van der Waals surface area contributed by atoms with Crippen LogP contribution in [0.3, 0.4) is 0 Å². The Morgan fingerprint density at radius 2 is 1.94 bits per heavy atom. The van der Waals surface area contributed by atoms with Crippen LogP contribution in [0.15, 0.2) is 45.6 Å². The molecular formula is C24H26ClNO5. The van der Waals surface area contributed by atoms with Crippen LogP contribution in [0, 0.1) is 0 Å². The number of ether oxygens (including phenoxy) is 1. The van der Waals surface area contributed by atoms with Gasteiger partial charge in [-0.2, -0.15) is 0 Å². The molecular weight excluding hydrogens is 418 g/mol. The third kappa shape index (κ3) is 4.15. The van der Waals surface area contributed by atoms with Crippen LogP contribution in [0.25, 0.3) is 22.3 Å². The van der Waals surface area contributed by atoms with Crippen molar-refractivity contribution in [2.75, 3.05) is 20.1 Å². The molecule has 1 saturated heterocycles. The third-order valence-electron chi connectivity index (χ3n) is 5.72. The molecule has 0 amide bonds. The van der Waals surface area contributed by atoms with E-state index in [1.165, 1.54) is 12.1 Å². The highest BCUT2D eigenvalue weighted by Crippen LogP contribution is 2.43. The van der Waals surface area contributed by atoms with E-state index in [0.717, 1.165) is 6.54 Å². The Bertz CT molecular complexity index is 1170. The summed E-state index contributed by atoms with van der Waals surface area (Å²) in [7, 11) is 2.03. The van der Waals surface area contributed by atoms with E-state index in [1.54, 1.807) is 24.3 Å². The fourth-order valence-electron chi connectivity index (χ4n) is 4.36. The van der Waals surface area contributed by atoms with Crippen LogP contribution < -0.4 is 5.43 Å². The average molecular weight is 444 g/mol. The Balaban J connectivity index is 1.96. The van der Waals surface area contributed by atoms with Crippen LogP contribution in [0.4, 0.5) is 0 Å². The predicted molar refractivity (Wildman–Crippen MR) is 121 cm³/mol. The van der Waals surface area contributed by atoms with Gasteiger partial charge in [-0.3, -0.25) is 4.79 Å². The summed E-state index contributed by atoms with van der Waals surface area (Å²) in [6, 6.07) is 9.60. The molecule has 31 heavy (non-hydrogen) atoms. The summed E-state index contributed by atoms with van der Waals surface area (Å²) in [5.41, 5.74) is 0.823. The van der Waals surface area contributed by atoms with Gasteiger partial charge in [0.1, 0.15) is 28.2 Å². The summed E-state index contributed by atoms with van der Waals surface area (Å²) in [5.74, 6) is -0.351. The minimum Gasteiger partial charge on any atom is -0.507 e. The van der Waals surface area contributed by atoms with Crippen molar-refractivity contribution < 1.29 is 19.4 Å². The molecule has 2 N–H and O–H groups in total. The van der Waals surface area contributed by atoms with Crippen LogP contribution >= 0.6 is 11.6 Å². The Morgan fingerprint density at radius 1 is 1.19 bits per heavy atom. The number of phenolic OH excluding ortho intramolecular Hbond substituents is 2. The minimum absolute atomic E-state index is 0.00443. The molecule has 6 nitrogen and oxygen atoms in total. The van der Waals surface area contributed by atoms with E-state index in [-0.39, 0.29) is 46.4 Å². The number of halogens is 1. The van der Waals surface area contributed by atoms with E-state index < -0.39 is 5.43 Å². The lowest BCUT2D eigenvalue weighted by Crippen LogP contribution is -2.43. The van der Waals surface area contributed by atoms with Crippen molar-refractivity contribution in [3.63, 3.8) is 0 Å². The van der Waals surface area contributed by atoms with Gasteiger partial charge in [-0.05, 0) is 46.0 Å². The first-order valence-corrected chi connectivity index (χ1v) is 10.8. The molecule has 0 bridgehead atoms. The summed E-state index contributed by atoms with van der Waals surface area (Å²) < 4.78 is 12.3. The molecule has 1 fully saturated rings. The van der Waals surface area contributed by atoms with E-state index in [2.05, 4.69) is 4.90 Å². The molecule has 0 aliphatic carbocycles. The number of hydrogen-bond acceptors (Lipinski definition) is 6. The van der Waals surface area contributed by atoms with E-state index in [1.807, 2.05) is 20.9 Å². The topological polar surface area (TPSA) is 83.1 Å². The van der Waals surface area contributed by atoms with Crippen LogP contribution in [-0.2, 0) is 4.74 Å². The highest BCUT2D eigenvalue weighted by Gasteiger charge is 2.35. The second kappa shape index (κ2) is 8.54. The highest BCUT2D eigenvalue weighted by molar-refractivity contribution is 6.33. The molecule has 0 radical (unpaired) electrons. The number of aromatic hydroxyl groups is 2. The van der Waals surface area contributed by atoms with Crippen molar-refractivity contribution >= 4 is 22.6 Å². The predicted octanol–water partition coefficient (Wildman–Crippen LogP) is 4.74. The second-order valence-corrected chi connectivity index (χ2v) is 8.78. The molecule has 2 atom stereocenters. The first kappa shape index (κ1) is 21.7. The Morgan fingerprint density at radius 3 is 2.65 bits per heavy atom. The van der Waals surface area contributed by atoms with Gasteiger partial charge in [0.15, 0.2) is 5.43 Å². The zero-order valence-corrected chi connectivity index (χ0v) is 18.5. The number of nitrogens with zero attached hydrogens (tertiary/aromatic N) is 1. The highest BCUT2D eigenvalue weighted by atomic mass is 35.5. The van der Waals surface area contributed by atoms with Gasteiger partial charge >= 0.3 is 0 Å². The molecule has 1 aliphatic rings. The lowest BCUT2D eigenvalue weighted by atomic mass is 9.85. The number of benzene rings is 2. The monoisotopic (exact) mass is 443 g/mol. The van der Waals surface area contributed by atoms with Gasteiger partial charge < -0.3 is 24.3 Å². The van der Waals surface area contributed by atoms with Crippen LogP contribution in [0.2, 0.25) is 5.02 Å². The molecule has 1 aromatic heterocycles. The number of rotatable bonds is 4. The Kier molecular flexibility index (Phi) is 5.97. The maximum atomic E-state index is 13.0. The van der Waals surface area contributed by atoms with E-state index in [9.17, 15) is 15.0 Å². The lowest BCUT2D eigenvalue weighted by molar-refractivity contribution is -0.0412. The number of likely N-dealkylation sites (tertiary alicyclic amines) is 1. The molecule has 0 saturated carbocycles. The van der Waals surface area contributed by atoms with Crippen molar-refractivity contribution in [1.82, 2.24) is 4.90 Å². The maximum Gasteiger partial charge on any atom is 0.197 e. The molecule has 0 unspecified atom stereocenters. The minimum atomic E-state index is -0.399. The van der Waals surface area contributed by atoms with Crippen molar-refractivity contribution in [3.05, 3.63) is 57.2 Å². The summed E-state index contributed by atoms with van der Waals surface area (Å²) in [6.45, 7) is 5.42.